The molecular formula is C6H9NO4. The van der Waals surface area contributed by atoms with Crippen LogP contribution in [0.4, 0.5) is 4.79 Å². The van der Waals surface area contributed by atoms with Crippen LogP contribution in [0.3, 0.4) is 0 Å². The number of carbonyl (C=O) groups excluding carboxylic acids is 1. The van der Waals surface area contributed by atoms with Crippen molar-refractivity contribution < 1.29 is 19.4 Å². The maximum atomic E-state index is 10.3. The van der Waals surface area contributed by atoms with Crippen LogP contribution < -0.4 is 5.32 Å². The first-order valence-electron chi connectivity index (χ1n) is 3.26. The minimum Gasteiger partial charge on any atom is -0.465 e. The monoisotopic (exact) mass is 159 g/mol. The molecule has 0 aromatic rings. The van der Waals surface area contributed by atoms with Gasteiger partial charge in [-0.2, -0.15) is 0 Å². The number of nitrogens with one attached hydrogen (secondary N) is 1. The third kappa shape index (κ3) is 1.91. The molecule has 0 unspecified atom stereocenters. The van der Waals surface area contributed by atoms with Crippen LogP contribution in [-0.4, -0.2) is 36.7 Å². The highest BCUT2D eigenvalue weighted by atomic mass is 16.5. The van der Waals surface area contributed by atoms with Crippen molar-refractivity contribution in [3.63, 3.8) is 0 Å². The molecule has 0 aromatic carbocycles. The van der Waals surface area contributed by atoms with Crippen LogP contribution in [0, 0.1) is 5.92 Å². The molecule has 2 atom stereocenters. The van der Waals surface area contributed by atoms with Crippen molar-refractivity contribution in [2.45, 2.75) is 6.04 Å². The molecule has 0 aromatic heterocycles. The Balaban J connectivity index is 2.43. The van der Waals surface area contributed by atoms with E-state index in [1.165, 1.54) is 0 Å². The molecule has 0 aliphatic carbocycles. The van der Waals surface area contributed by atoms with Gasteiger partial charge < -0.3 is 20.0 Å². The average molecular weight is 159 g/mol. The SMILES string of the molecule is O=C[C@H]1COC[C@@H]1NC(=O)O. The Hall–Kier alpha value is -1.10. The van der Waals surface area contributed by atoms with E-state index in [0.29, 0.717) is 12.9 Å². The largest absolute Gasteiger partial charge is 0.465 e. The number of aldehydes is 1. The molecule has 2 N–H and O–H groups in total. The lowest BCUT2D eigenvalue weighted by Crippen LogP contribution is -2.39. The summed E-state index contributed by atoms with van der Waals surface area (Å²) in [5.41, 5.74) is 0. The minimum absolute atomic E-state index is 0.287. The Kier molecular flexibility index (Phi) is 2.43. The van der Waals surface area contributed by atoms with Gasteiger partial charge in [0.2, 0.25) is 0 Å². The zero-order valence-electron chi connectivity index (χ0n) is 5.82. The second kappa shape index (κ2) is 3.34. The number of ether oxygens (including phenoxy) is 1. The van der Waals surface area contributed by atoms with E-state index in [4.69, 9.17) is 9.84 Å². The quantitative estimate of drug-likeness (QED) is 0.531. The minimum atomic E-state index is -1.12. The van der Waals surface area contributed by atoms with Gasteiger partial charge in [-0.25, -0.2) is 4.79 Å². The molecule has 11 heavy (non-hydrogen) atoms. The molecule has 0 radical (unpaired) electrons. The summed E-state index contributed by atoms with van der Waals surface area (Å²) in [7, 11) is 0. The van der Waals surface area contributed by atoms with Gasteiger partial charge in [0.25, 0.3) is 0 Å². The summed E-state index contributed by atoms with van der Waals surface area (Å²) in [5, 5.41) is 10.5. The van der Waals surface area contributed by atoms with Gasteiger partial charge in [0.05, 0.1) is 25.2 Å². The number of carbonyl (C=O) groups is 2. The topological polar surface area (TPSA) is 75.6 Å². The normalized spacial score (nSPS) is 29.8. The van der Waals surface area contributed by atoms with Crippen LogP contribution in [0.5, 0.6) is 0 Å². The number of amides is 1. The summed E-state index contributed by atoms with van der Waals surface area (Å²) in [6.45, 7) is 0.601. The predicted octanol–water partition coefficient (Wildman–Crippen LogP) is -0.532. The molecule has 1 rings (SSSR count). The van der Waals surface area contributed by atoms with Crippen molar-refractivity contribution >= 4 is 12.4 Å². The van der Waals surface area contributed by atoms with Crippen molar-refractivity contribution in [2.24, 2.45) is 5.92 Å². The summed E-state index contributed by atoms with van der Waals surface area (Å²) in [6.07, 6.45) is -0.402. The highest BCUT2D eigenvalue weighted by molar-refractivity contribution is 5.66. The fourth-order valence-electron chi connectivity index (χ4n) is 1.01. The summed E-state index contributed by atoms with van der Waals surface area (Å²) in [4.78, 5) is 20.4. The lowest BCUT2D eigenvalue weighted by molar-refractivity contribution is -0.111. The zero-order chi connectivity index (χ0) is 8.27. The van der Waals surface area contributed by atoms with E-state index < -0.39 is 6.09 Å². The van der Waals surface area contributed by atoms with Crippen LogP contribution >= 0.6 is 0 Å². The van der Waals surface area contributed by atoms with Gasteiger partial charge in [0.15, 0.2) is 0 Å². The predicted molar refractivity (Wildman–Crippen MR) is 35.3 cm³/mol. The summed E-state index contributed by atoms with van der Waals surface area (Å²) in [6, 6.07) is -0.370. The Morgan fingerprint density at radius 3 is 2.91 bits per heavy atom. The van der Waals surface area contributed by atoms with Gasteiger partial charge in [0.1, 0.15) is 6.29 Å². The van der Waals surface area contributed by atoms with E-state index in [-0.39, 0.29) is 18.6 Å². The number of hydrogen-bond donors (Lipinski definition) is 2. The van der Waals surface area contributed by atoms with Gasteiger partial charge in [-0.15, -0.1) is 0 Å². The number of carboxylic acid groups (broad SMARTS) is 1. The van der Waals surface area contributed by atoms with Crippen LogP contribution in [0.2, 0.25) is 0 Å². The van der Waals surface area contributed by atoms with Crippen LogP contribution in [-0.2, 0) is 9.53 Å². The van der Waals surface area contributed by atoms with Crippen molar-refractivity contribution in [1.29, 1.82) is 0 Å². The van der Waals surface area contributed by atoms with E-state index in [0.717, 1.165) is 0 Å². The smallest absolute Gasteiger partial charge is 0.404 e. The van der Waals surface area contributed by atoms with Crippen molar-refractivity contribution in [3.8, 4) is 0 Å². The molecule has 1 saturated heterocycles. The van der Waals surface area contributed by atoms with Gasteiger partial charge in [-0.3, -0.25) is 0 Å². The Morgan fingerprint density at radius 1 is 1.64 bits per heavy atom. The van der Waals surface area contributed by atoms with Crippen LogP contribution in [0.15, 0.2) is 0 Å². The Bertz CT molecular complexity index is 170. The first kappa shape index (κ1) is 8.00. The molecule has 5 nitrogen and oxygen atoms in total. The van der Waals surface area contributed by atoms with Crippen LogP contribution in [0.25, 0.3) is 0 Å². The molecule has 1 heterocycles. The molecule has 0 spiro atoms. The standard InChI is InChI=1S/C6H9NO4/c8-1-4-2-11-3-5(4)7-6(9)10/h1,4-5,7H,2-3H2,(H,9,10)/t4-,5-/m0/s1. The summed E-state index contributed by atoms with van der Waals surface area (Å²) < 4.78 is 4.90. The van der Waals surface area contributed by atoms with E-state index in [9.17, 15) is 9.59 Å². The fourth-order valence-corrected chi connectivity index (χ4v) is 1.01. The summed E-state index contributed by atoms with van der Waals surface area (Å²) >= 11 is 0. The maximum Gasteiger partial charge on any atom is 0.404 e. The molecule has 1 aliphatic heterocycles. The summed E-state index contributed by atoms with van der Waals surface area (Å²) in [5.74, 6) is -0.328. The van der Waals surface area contributed by atoms with E-state index >= 15 is 0 Å². The van der Waals surface area contributed by atoms with E-state index in [1.54, 1.807) is 0 Å². The van der Waals surface area contributed by atoms with E-state index in [2.05, 4.69) is 5.32 Å². The Labute approximate surface area is 63.3 Å². The second-order valence-corrected chi connectivity index (χ2v) is 2.39. The molecule has 62 valence electrons. The van der Waals surface area contributed by atoms with Crippen LogP contribution in [0.1, 0.15) is 0 Å². The first-order valence-corrected chi connectivity index (χ1v) is 3.26. The van der Waals surface area contributed by atoms with Crippen molar-refractivity contribution in [3.05, 3.63) is 0 Å². The molecular weight excluding hydrogens is 150 g/mol. The average Bonchev–Trinajstić information content (AvgIpc) is 2.34. The van der Waals surface area contributed by atoms with Gasteiger partial charge in [-0.1, -0.05) is 0 Å². The highest BCUT2D eigenvalue weighted by Crippen LogP contribution is 2.10. The Morgan fingerprint density at radius 2 is 2.36 bits per heavy atom. The molecule has 1 fully saturated rings. The lowest BCUT2D eigenvalue weighted by atomic mass is 10.1. The fraction of sp³-hybridized carbons (Fsp3) is 0.667. The number of hydrogen-bond acceptors (Lipinski definition) is 3. The molecule has 1 aliphatic rings. The number of rotatable bonds is 2. The first-order chi connectivity index (χ1) is 5.24. The molecule has 0 saturated carbocycles. The maximum absolute atomic E-state index is 10.3. The van der Waals surface area contributed by atoms with Gasteiger partial charge >= 0.3 is 6.09 Å². The van der Waals surface area contributed by atoms with Crippen molar-refractivity contribution in [1.82, 2.24) is 5.32 Å². The third-order valence-corrected chi connectivity index (χ3v) is 1.61. The zero-order valence-corrected chi connectivity index (χ0v) is 5.82. The molecule has 1 amide bonds. The van der Waals surface area contributed by atoms with E-state index in [1.807, 2.05) is 0 Å². The second-order valence-electron chi connectivity index (χ2n) is 2.39. The lowest BCUT2D eigenvalue weighted by Gasteiger charge is -2.10. The van der Waals surface area contributed by atoms with Crippen molar-refractivity contribution in [2.75, 3.05) is 13.2 Å². The highest BCUT2D eigenvalue weighted by Gasteiger charge is 2.28. The molecule has 5 heteroatoms. The van der Waals surface area contributed by atoms with Gasteiger partial charge in [-0.05, 0) is 0 Å². The third-order valence-electron chi connectivity index (χ3n) is 1.61. The van der Waals surface area contributed by atoms with Gasteiger partial charge in [0, 0.05) is 0 Å². The molecule has 0 bridgehead atoms.